The van der Waals surface area contributed by atoms with E-state index in [-0.39, 0.29) is 10.8 Å². The third-order valence-electron chi connectivity index (χ3n) is 4.54. The number of aliphatic hydroxyl groups excluding tert-OH is 1. The Morgan fingerprint density at radius 1 is 1.18 bits per heavy atom. The van der Waals surface area contributed by atoms with Crippen molar-refractivity contribution in [1.82, 2.24) is 5.32 Å². The van der Waals surface area contributed by atoms with Crippen LogP contribution in [0.1, 0.15) is 53.1 Å². The fourth-order valence-corrected chi connectivity index (χ4v) is 3.09. The lowest BCUT2D eigenvalue weighted by Crippen LogP contribution is -2.43. The summed E-state index contributed by atoms with van der Waals surface area (Å²) < 4.78 is 11.5. The van der Waals surface area contributed by atoms with Crippen molar-refractivity contribution >= 4 is 14.4 Å². The topological polar surface area (TPSA) is 95.9 Å². The van der Waals surface area contributed by atoms with Gasteiger partial charge in [-0.25, -0.2) is 4.79 Å². The van der Waals surface area contributed by atoms with Gasteiger partial charge in [-0.2, -0.15) is 0 Å². The van der Waals surface area contributed by atoms with E-state index >= 15 is 0 Å². The van der Waals surface area contributed by atoms with Crippen LogP contribution >= 0.6 is 0 Å². The molecular formula is C20H32N3O4Si+. The number of carbonyl (C=O) groups is 1. The molecule has 0 radical (unpaired) electrons. The van der Waals surface area contributed by atoms with Crippen LogP contribution in [0.4, 0.5) is 4.79 Å². The molecule has 154 valence electrons. The zero-order valence-corrected chi connectivity index (χ0v) is 19.0. The summed E-state index contributed by atoms with van der Waals surface area (Å²) in [4.78, 5) is 15.0. The molecule has 0 fully saturated rings. The Bertz CT molecular complexity index is 754. The van der Waals surface area contributed by atoms with E-state index in [0.29, 0.717) is 5.56 Å². The summed E-state index contributed by atoms with van der Waals surface area (Å²) in [7, 11) is -1.98. The minimum atomic E-state index is -1.98. The van der Waals surface area contributed by atoms with Crippen molar-refractivity contribution in [3.8, 4) is 5.75 Å². The Balaban J connectivity index is 3.08. The SMILES string of the molecule is CC(C)(C)OC(=O)N[C@H](/C(O)=C/[N+]#N)c1ccc(O[Si](C)(C)C(C)(C)C)cc1. The molecule has 0 spiro atoms. The molecule has 0 aliphatic carbocycles. The first-order chi connectivity index (χ1) is 12.7. The van der Waals surface area contributed by atoms with E-state index in [9.17, 15) is 9.90 Å². The summed E-state index contributed by atoms with van der Waals surface area (Å²) in [6.45, 7) is 16.0. The fourth-order valence-electron chi connectivity index (χ4n) is 2.06. The zero-order valence-electron chi connectivity index (χ0n) is 18.0. The van der Waals surface area contributed by atoms with E-state index in [1.165, 1.54) is 0 Å². The third-order valence-corrected chi connectivity index (χ3v) is 8.90. The predicted octanol–water partition coefficient (Wildman–Crippen LogP) is 5.89. The second kappa shape index (κ2) is 8.65. The molecule has 0 aromatic heterocycles. The molecule has 0 unspecified atom stereocenters. The number of ether oxygens (including phenoxy) is 1. The Kier molecular flexibility index (Phi) is 7.26. The van der Waals surface area contributed by atoms with Crippen LogP contribution < -0.4 is 9.74 Å². The van der Waals surface area contributed by atoms with Crippen molar-refractivity contribution in [1.29, 1.82) is 5.39 Å². The van der Waals surface area contributed by atoms with Crippen LogP contribution in [0.25, 0.3) is 4.98 Å². The highest BCUT2D eigenvalue weighted by atomic mass is 28.4. The Morgan fingerprint density at radius 3 is 2.14 bits per heavy atom. The van der Waals surface area contributed by atoms with Crippen molar-refractivity contribution in [3.63, 3.8) is 0 Å². The molecule has 0 saturated carbocycles. The average Bonchev–Trinajstić information content (AvgIpc) is 2.50. The lowest BCUT2D eigenvalue weighted by molar-refractivity contribution is 0.0500. The number of diazo groups is 1. The van der Waals surface area contributed by atoms with E-state index in [4.69, 9.17) is 14.6 Å². The molecular weight excluding hydrogens is 374 g/mol. The third kappa shape index (κ3) is 6.89. The minimum absolute atomic E-state index is 0.0656. The summed E-state index contributed by atoms with van der Waals surface area (Å²) in [6.07, 6.45) is 0.166. The van der Waals surface area contributed by atoms with Crippen LogP contribution in [0.15, 0.2) is 36.2 Å². The van der Waals surface area contributed by atoms with Crippen molar-refractivity contribution in [2.45, 2.75) is 71.3 Å². The first-order valence-corrected chi connectivity index (χ1v) is 12.1. The molecule has 1 rings (SSSR count). The maximum absolute atomic E-state index is 12.1. The van der Waals surface area contributed by atoms with Gasteiger partial charge in [0.2, 0.25) is 19.5 Å². The van der Waals surface area contributed by atoms with Crippen molar-refractivity contribution < 1.29 is 19.1 Å². The van der Waals surface area contributed by atoms with Gasteiger partial charge in [0.05, 0.1) is 0 Å². The van der Waals surface area contributed by atoms with Crippen LogP contribution in [0.2, 0.25) is 18.1 Å². The molecule has 8 heteroatoms. The zero-order chi connectivity index (χ0) is 21.8. The van der Waals surface area contributed by atoms with Gasteiger partial charge in [-0.1, -0.05) is 32.9 Å². The molecule has 0 saturated heterocycles. The molecule has 1 aromatic rings. The highest BCUT2D eigenvalue weighted by Gasteiger charge is 2.39. The molecule has 28 heavy (non-hydrogen) atoms. The second-order valence-electron chi connectivity index (χ2n) is 9.18. The van der Waals surface area contributed by atoms with Gasteiger partial charge in [-0.3, -0.25) is 0 Å². The van der Waals surface area contributed by atoms with Crippen molar-refractivity contribution in [2.75, 3.05) is 0 Å². The molecule has 1 atom stereocenters. The lowest BCUT2D eigenvalue weighted by atomic mass is 10.1. The largest absolute Gasteiger partial charge is 0.544 e. The van der Waals surface area contributed by atoms with Gasteiger partial charge in [0, 0.05) is 0 Å². The van der Waals surface area contributed by atoms with Gasteiger partial charge in [0.25, 0.3) is 0 Å². The van der Waals surface area contributed by atoms with Gasteiger partial charge in [-0.15, -0.1) is 0 Å². The number of rotatable bonds is 5. The van der Waals surface area contributed by atoms with E-state index in [1.807, 2.05) is 0 Å². The summed E-state index contributed by atoms with van der Waals surface area (Å²) >= 11 is 0. The smallest absolute Gasteiger partial charge is 0.408 e. The summed E-state index contributed by atoms with van der Waals surface area (Å²) in [6, 6.07) is 6.15. The summed E-state index contributed by atoms with van der Waals surface area (Å²) in [5, 5.41) is 21.6. The van der Waals surface area contributed by atoms with Crippen LogP contribution in [-0.2, 0) is 4.74 Å². The number of alkyl carbamates (subject to hydrolysis) is 1. The maximum Gasteiger partial charge on any atom is 0.408 e. The Morgan fingerprint density at radius 2 is 1.71 bits per heavy atom. The number of benzene rings is 1. The van der Waals surface area contributed by atoms with Gasteiger partial charge < -0.3 is 19.6 Å². The number of nitrogens with zero attached hydrogens (tertiary/aromatic N) is 2. The number of hydrogen-bond donors (Lipinski definition) is 2. The fraction of sp³-hybridized carbons (Fsp3) is 0.550. The average molecular weight is 407 g/mol. The van der Waals surface area contributed by atoms with Crippen molar-refractivity contribution in [2.24, 2.45) is 0 Å². The Hall–Kier alpha value is -2.53. The predicted molar refractivity (Wildman–Crippen MR) is 112 cm³/mol. The first-order valence-electron chi connectivity index (χ1n) is 9.18. The molecule has 0 bridgehead atoms. The molecule has 1 aromatic carbocycles. The number of carbonyl (C=O) groups excluding carboxylic acids is 1. The van der Waals surface area contributed by atoms with E-state index < -0.39 is 26.1 Å². The lowest BCUT2D eigenvalue weighted by Gasteiger charge is -2.36. The standard InChI is InChI=1S/C20H31N3O4Si/c1-19(2,3)26-18(25)23-17(16(24)13-22-21)14-9-11-15(12-10-14)27-28(7,8)20(4,5)6/h9-13,17H,1-8H3,(H-,23,24,25)/p+1/b16-13-/t17-/m0/s1. The van der Waals surface area contributed by atoms with Gasteiger partial charge in [-0.05, 0) is 56.6 Å². The number of nitrogens with one attached hydrogen (secondary N) is 1. The van der Waals surface area contributed by atoms with E-state index in [1.54, 1.807) is 45.0 Å². The highest BCUT2D eigenvalue weighted by Crippen LogP contribution is 2.37. The van der Waals surface area contributed by atoms with Crippen molar-refractivity contribution in [3.05, 3.63) is 46.8 Å². The molecule has 1 amide bonds. The molecule has 2 N–H and O–H groups in total. The number of hydrogen-bond acceptors (Lipinski definition) is 5. The normalized spacial score (nSPS) is 14.0. The van der Waals surface area contributed by atoms with Crippen LogP contribution in [0, 0.1) is 5.39 Å². The Labute approximate surface area is 168 Å². The van der Waals surface area contributed by atoms with E-state index in [0.717, 1.165) is 11.9 Å². The quantitative estimate of drug-likeness (QED) is 0.361. The molecule has 7 nitrogen and oxygen atoms in total. The monoisotopic (exact) mass is 406 g/mol. The van der Waals surface area contributed by atoms with Crippen LogP contribution in [0.3, 0.4) is 0 Å². The van der Waals surface area contributed by atoms with E-state index in [2.05, 4.69) is 44.2 Å². The minimum Gasteiger partial charge on any atom is -0.544 e. The molecule has 0 aliphatic rings. The molecule has 0 heterocycles. The van der Waals surface area contributed by atoms with Gasteiger partial charge in [0.1, 0.15) is 17.4 Å². The maximum atomic E-state index is 12.1. The molecule has 0 aliphatic heterocycles. The number of aliphatic hydroxyl groups is 1. The highest BCUT2D eigenvalue weighted by molar-refractivity contribution is 6.74. The summed E-state index contributed by atoms with van der Waals surface area (Å²) in [5.74, 6) is 0.396. The van der Waals surface area contributed by atoms with Gasteiger partial charge >= 0.3 is 12.3 Å². The van der Waals surface area contributed by atoms with Gasteiger partial charge in [0.15, 0.2) is 4.98 Å². The van der Waals surface area contributed by atoms with Crippen LogP contribution in [-0.4, -0.2) is 25.1 Å². The second-order valence-corrected chi connectivity index (χ2v) is 13.9. The summed E-state index contributed by atoms with van der Waals surface area (Å²) in [5.41, 5.74) is -0.0956. The van der Waals surface area contributed by atoms with Crippen LogP contribution in [0.5, 0.6) is 5.75 Å². The number of amides is 1. The first kappa shape index (κ1) is 23.5.